The highest BCUT2D eigenvalue weighted by atomic mass is 16.5. The number of carbonyl (C=O) groups excluding carboxylic acids is 1. The molecular weight excluding hydrogens is 268 g/mol. The molecule has 0 aromatic heterocycles. The first-order valence-electron chi connectivity index (χ1n) is 8.18. The van der Waals surface area contributed by atoms with Gasteiger partial charge in [0, 0.05) is 25.7 Å². The van der Waals surface area contributed by atoms with Crippen LogP contribution in [0.5, 0.6) is 0 Å². The smallest absolute Gasteiger partial charge is 0.237 e. The largest absolute Gasteiger partial charge is 0.373 e. The maximum Gasteiger partial charge on any atom is 0.237 e. The zero-order chi connectivity index (χ0) is 15.1. The molecule has 0 aromatic rings. The van der Waals surface area contributed by atoms with Crippen LogP contribution >= 0.6 is 0 Å². The minimum absolute atomic E-state index is 0.0119. The molecule has 3 unspecified atom stereocenters. The third kappa shape index (κ3) is 5.54. The Morgan fingerprint density at radius 1 is 1.43 bits per heavy atom. The topological polar surface area (TPSA) is 74.4 Å². The molecule has 6 nitrogen and oxygen atoms in total. The Morgan fingerprint density at radius 2 is 2.29 bits per heavy atom. The van der Waals surface area contributed by atoms with Crippen LogP contribution in [0.2, 0.25) is 0 Å². The maximum atomic E-state index is 11.4. The quantitative estimate of drug-likeness (QED) is 0.491. The van der Waals surface area contributed by atoms with Crippen molar-refractivity contribution in [1.82, 2.24) is 21.3 Å². The van der Waals surface area contributed by atoms with E-state index in [4.69, 9.17) is 4.74 Å². The normalized spacial score (nSPS) is 31.1. The summed E-state index contributed by atoms with van der Waals surface area (Å²) in [4.78, 5) is 11.4. The Balaban J connectivity index is 1.53. The maximum absolute atomic E-state index is 11.4. The van der Waals surface area contributed by atoms with Gasteiger partial charge in [-0.2, -0.15) is 0 Å². The summed E-state index contributed by atoms with van der Waals surface area (Å²) in [6.07, 6.45) is 2.95. The Kier molecular flexibility index (Phi) is 6.41. The number of rotatable bonds is 8. The summed E-state index contributed by atoms with van der Waals surface area (Å²) in [6.45, 7) is 9.70. The van der Waals surface area contributed by atoms with Crippen LogP contribution in [0.1, 0.15) is 33.1 Å². The molecule has 3 atom stereocenters. The van der Waals surface area contributed by atoms with Crippen molar-refractivity contribution in [2.24, 2.45) is 0 Å². The van der Waals surface area contributed by atoms with E-state index in [0.29, 0.717) is 6.04 Å². The van der Waals surface area contributed by atoms with Crippen molar-refractivity contribution >= 4 is 5.91 Å². The summed E-state index contributed by atoms with van der Waals surface area (Å²) in [5.74, 6) is 0.144. The Bertz CT molecular complexity index is 332. The minimum Gasteiger partial charge on any atom is -0.373 e. The van der Waals surface area contributed by atoms with Crippen molar-refractivity contribution in [3.05, 3.63) is 0 Å². The monoisotopic (exact) mass is 298 g/mol. The zero-order valence-electron chi connectivity index (χ0n) is 13.3. The van der Waals surface area contributed by atoms with Gasteiger partial charge in [-0.05, 0) is 46.2 Å². The van der Waals surface area contributed by atoms with Crippen molar-refractivity contribution in [2.75, 3.05) is 39.3 Å². The van der Waals surface area contributed by atoms with Gasteiger partial charge in [-0.15, -0.1) is 0 Å². The van der Waals surface area contributed by atoms with E-state index in [9.17, 15) is 4.79 Å². The van der Waals surface area contributed by atoms with E-state index in [0.717, 1.165) is 58.6 Å². The van der Waals surface area contributed by atoms with Crippen molar-refractivity contribution in [2.45, 2.75) is 50.8 Å². The van der Waals surface area contributed by atoms with Gasteiger partial charge in [-0.1, -0.05) is 0 Å². The fourth-order valence-corrected chi connectivity index (χ4v) is 2.88. The third-order valence-corrected chi connectivity index (χ3v) is 4.39. The third-order valence-electron chi connectivity index (χ3n) is 4.39. The molecule has 0 spiro atoms. The number of nitrogens with one attached hydrogen (secondary N) is 4. The van der Waals surface area contributed by atoms with E-state index in [1.54, 1.807) is 0 Å². The van der Waals surface area contributed by atoms with Gasteiger partial charge in [0.15, 0.2) is 0 Å². The molecule has 21 heavy (non-hydrogen) atoms. The molecule has 2 heterocycles. The highest BCUT2D eigenvalue weighted by Gasteiger charge is 2.27. The van der Waals surface area contributed by atoms with Crippen LogP contribution in [0.4, 0.5) is 0 Å². The lowest BCUT2D eigenvalue weighted by molar-refractivity contribution is -0.120. The summed E-state index contributed by atoms with van der Waals surface area (Å²) in [5.41, 5.74) is -0.0366. The van der Waals surface area contributed by atoms with Crippen LogP contribution in [-0.2, 0) is 9.53 Å². The van der Waals surface area contributed by atoms with Gasteiger partial charge in [0.1, 0.15) is 0 Å². The average molecular weight is 298 g/mol. The molecule has 6 heteroatoms. The van der Waals surface area contributed by atoms with Crippen molar-refractivity contribution in [3.63, 3.8) is 0 Å². The molecule has 2 saturated heterocycles. The van der Waals surface area contributed by atoms with E-state index in [-0.39, 0.29) is 17.6 Å². The fraction of sp³-hybridized carbons (Fsp3) is 0.933. The first-order chi connectivity index (χ1) is 10.1. The van der Waals surface area contributed by atoms with E-state index in [1.165, 1.54) is 0 Å². The highest BCUT2D eigenvalue weighted by Crippen LogP contribution is 2.16. The summed E-state index contributed by atoms with van der Waals surface area (Å²) in [5, 5.41) is 13.1. The van der Waals surface area contributed by atoms with Gasteiger partial charge in [0.25, 0.3) is 0 Å². The van der Waals surface area contributed by atoms with Gasteiger partial charge >= 0.3 is 0 Å². The van der Waals surface area contributed by atoms with Gasteiger partial charge in [-0.25, -0.2) is 0 Å². The van der Waals surface area contributed by atoms with Crippen LogP contribution in [0.15, 0.2) is 0 Å². The Labute approximate surface area is 127 Å². The van der Waals surface area contributed by atoms with Crippen LogP contribution in [-0.4, -0.2) is 62.9 Å². The number of morpholine rings is 1. The second-order valence-electron chi connectivity index (χ2n) is 6.46. The number of hydrogen-bond acceptors (Lipinski definition) is 5. The number of ether oxygens (including phenoxy) is 1. The molecule has 1 amide bonds. The fourth-order valence-electron chi connectivity index (χ4n) is 2.88. The molecule has 0 aromatic carbocycles. The molecule has 2 fully saturated rings. The molecule has 4 N–H and O–H groups in total. The van der Waals surface area contributed by atoms with E-state index < -0.39 is 0 Å². The SMILES string of the molecule is CC(CCNC1CCNC1=O)NCCC1(C)CNCCO1. The zero-order valence-corrected chi connectivity index (χ0v) is 13.3. The van der Waals surface area contributed by atoms with Crippen molar-refractivity contribution in [1.29, 1.82) is 0 Å². The molecule has 0 saturated carbocycles. The Hall–Kier alpha value is -0.690. The predicted octanol–water partition coefficient (Wildman–Crippen LogP) is -0.399. The van der Waals surface area contributed by atoms with Gasteiger partial charge in [0.2, 0.25) is 5.91 Å². The lowest BCUT2D eigenvalue weighted by atomic mass is 10.0. The summed E-state index contributed by atoms with van der Waals surface area (Å²) in [6, 6.07) is 0.458. The van der Waals surface area contributed by atoms with E-state index >= 15 is 0 Å². The minimum atomic E-state index is -0.0366. The molecule has 2 aliphatic heterocycles. The lowest BCUT2D eigenvalue weighted by Crippen LogP contribution is -2.49. The number of carbonyl (C=O) groups is 1. The summed E-state index contributed by atoms with van der Waals surface area (Å²) in [7, 11) is 0. The van der Waals surface area contributed by atoms with Gasteiger partial charge in [-0.3, -0.25) is 4.79 Å². The number of amides is 1. The van der Waals surface area contributed by atoms with Gasteiger partial charge < -0.3 is 26.0 Å². The molecule has 122 valence electrons. The van der Waals surface area contributed by atoms with Crippen molar-refractivity contribution in [3.8, 4) is 0 Å². The summed E-state index contributed by atoms with van der Waals surface area (Å²) >= 11 is 0. The molecule has 0 aliphatic carbocycles. The molecule has 2 rings (SSSR count). The average Bonchev–Trinajstić information content (AvgIpc) is 2.85. The van der Waals surface area contributed by atoms with E-state index in [2.05, 4.69) is 35.1 Å². The van der Waals surface area contributed by atoms with Crippen LogP contribution in [0.25, 0.3) is 0 Å². The second-order valence-corrected chi connectivity index (χ2v) is 6.46. The first kappa shape index (κ1) is 16.7. The predicted molar refractivity (Wildman–Crippen MR) is 83.3 cm³/mol. The van der Waals surface area contributed by atoms with Gasteiger partial charge in [0.05, 0.1) is 18.2 Å². The van der Waals surface area contributed by atoms with Crippen LogP contribution in [0, 0.1) is 0 Å². The van der Waals surface area contributed by atoms with Crippen LogP contribution < -0.4 is 21.3 Å². The highest BCUT2D eigenvalue weighted by molar-refractivity contribution is 5.83. The van der Waals surface area contributed by atoms with Crippen molar-refractivity contribution < 1.29 is 9.53 Å². The first-order valence-corrected chi connectivity index (χ1v) is 8.18. The molecule has 2 aliphatic rings. The molecule has 0 radical (unpaired) electrons. The standard InChI is InChI=1S/C15H30N4O2/c1-12(3-6-18-13-4-7-19-14(13)20)17-8-5-15(2)11-16-9-10-21-15/h12-13,16-18H,3-11H2,1-2H3,(H,19,20). The molecular formula is C15H30N4O2. The van der Waals surface area contributed by atoms with E-state index in [1.807, 2.05) is 0 Å². The Morgan fingerprint density at radius 3 is 2.95 bits per heavy atom. The second kappa shape index (κ2) is 8.08. The number of hydrogen-bond donors (Lipinski definition) is 4. The molecule has 0 bridgehead atoms. The lowest BCUT2D eigenvalue weighted by Gasteiger charge is -2.34. The van der Waals surface area contributed by atoms with Crippen LogP contribution in [0.3, 0.4) is 0 Å². The summed E-state index contributed by atoms with van der Waals surface area (Å²) < 4.78 is 5.85.